The molecule has 0 unspecified atom stereocenters. The second kappa shape index (κ2) is 7.83. The van der Waals surface area contributed by atoms with E-state index in [1.165, 1.54) is 0 Å². The van der Waals surface area contributed by atoms with Gasteiger partial charge in [-0.1, -0.05) is 66.7 Å². The van der Waals surface area contributed by atoms with Gasteiger partial charge in [-0.15, -0.1) is 0 Å². The van der Waals surface area contributed by atoms with Crippen molar-refractivity contribution in [1.82, 2.24) is 10.2 Å². The maximum Gasteiger partial charge on any atom is 0.322 e. The number of benzene rings is 2. The largest absolute Gasteiger partial charge is 0.327 e. The molecule has 1 aliphatic heterocycles. The van der Waals surface area contributed by atoms with Gasteiger partial charge in [0.15, 0.2) is 5.78 Å². The summed E-state index contributed by atoms with van der Waals surface area (Å²) in [5.41, 5.74) is 3.16. The van der Waals surface area contributed by atoms with E-state index in [0.29, 0.717) is 17.8 Å². The molecule has 1 N–H and O–H groups in total. The molecular weight excluding hydrogens is 324 g/mol. The van der Waals surface area contributed by atoms with Crippen molar-refractivity contribution in [2.75, 3.05) is 6.54 Å². The number of amides is 2. The van der Waals surface area contributed by atoms with E-state index in [9.17, 15) is 9.59 Å². The molecule has 2 amide bonds. The van der Waals surface area contributed by atoms with Gasteiger partial charge in [0.1, 0.15) is 0 Å². The molecule has 0 aromatic heterocycles. The smallest absolute Gasteiger partial charge is 0.322 e. The number of ketones is 1. The molecule has 4 heteroatoms. The van der Waals surface area contributed by atoms with Gasteiger partial charge < -0.3 is 5.32 Å². The summed E-state index contributed by atoms with van der Waals surface area (Å²) in [6, 6.07) is 18.6. The number of hydrogen-bond donors (Lipinski definition) is 1. The van der Waals surface area contributed by atoms with Crippen molar-refractivity contribution in [3.63, 3.8) is 0 Å². The number of carbonyl (C=O) groups is 2. The van der Waals surface area contributed by atoms with Gasteiger partial charge in [0.25, 0.3) is 0 Å². The third-order valence-corrected chi connectivity index (χ3v) is 4.54. The van der Waals surface area contributed by atoms with Crippen LogP contribution in [0.2, 0.25) is 0 Å². The molecule has 1 atom stereocenters. The molecule has 2 aromatic carbocycles. The highest BCUT2D eigenvalue weighted by atomic mass is 16.2. The highest BCUT2D eigenvalue weighted by Gasteiger charge is 2.33. The molecule has 1 heterocycles. The summed E-state index contributed by atoms with van der Waals surface area (Å²) in [6.07, 6.45) is 3.38. The summed E-state index contributed by atoms with van der Waals surface area (Å²) >= 11 is 0. The number of rotatable bonds is 5. The van der Waals surface area contributed by atoms with Crippen molar-refractivity contribution < 1.29 is 9.59 Å². The van der Waals surface area contributed by atoms with Crippen molar-refractivity contribution in [3.8, 4) is 0 Å². The van der Waals surface area contributed by atoms with Crippen LogP contribution in [-0.4, -0.2) is 23.3 Å². The number of nitrogens with one attached hydrogen (secondary N) is 1. The standard InChI is InChI=1S/C22H22N2O2/c1-3-24-16(2)20(19(25)15-14-17-10-6-4-7-11-17)21(23-22(24)26)18-12-8-5-9-13-18/h4-15,21H,3H2,1-2H3,(H,23,26)/b15-14+/t21-/m1/s1. The zero-order valence-corrected chi connectivity index (χ0v) is 15.0. The number of allylic oxidation sites excluding steroid dienone is 2. The quantitative estimate of drug-likeness (QED) is 0.819. The molecule has 0 aliphatic carbocycles. The molecule has 0 fully saturated rings. The molecule has 132 valence electrons. The molecule has 0 saturated carbocycles. The van der Waals surface area contributed by atoms with Gasteiger partial charge in [-0.25, -0.2) is 4.79 Å². The van der Waals surface area contributed by atoms with E-state index in [1.807, 2.05) is 74.5 Å². The van der Waals surface area contributed by atoms with Gasteiger partial charge in [-0.2, -0.15) is 0 Å². The van der Waals surface area contributed by atoms with E-state index >= 15 is 0 Å². The minimum Gasteiger partial charge on any atom is -0.327 e. The molecular formula is C22H22N2O2. The van der Waals surface area contributed by atoms with Crippen molar-refractivity contribution in [2.24, 2.45) is 0 Å². The van der Waals surface area contributed by atoms with E-state index in [1.54, 1.807) is 17.1 Å². The van der Waals surface area contributed by atoms with Gasteiger partial charge in [0.2, 0.25) is 0 Å². The molecule has 0 radical (unpaired) electrons. The molecule has 1 aliphatic rings. The van der Waals surface area contributed by atoms with Crippen molar-refractivity contribution in [3.05, 3.63) is 89.1 Å². The van der Waals surface area contributed by atoms with Crippen LogP contribution in [0.5, 0.6) is 0 Å². The first-order chi connectivity index (χ1) is 12.6. The second-order valence-electron chi connectivity index (χ2n) is 6.14. The minimum absolute atomic E-state index is 0.0985. The Balaban J connectivity index is 2.00. The first kappa shape index (κ1) is 17.7. The Morgan fingerprint density at radius 2 is 1.69 bits per heavy atom. The summed E-state index contributed by atoms with van der Waals surface area (Å²) < 4.78 is 0. The lowest BCUT2D eigenvalue weighted by Gasteiger charge is -2.35. The highest BCUT2D eigenvalue weighted by Crippen LogP contribution is 2.31. The SMILES string of the molecule is CCN1C(=O)N[C@H](c2ccccc2)C(C(=O)/C=C/c2ccccc2)=C1C. The van der Waals surface area contributed by atoms with Crippen LogP contribution >= 0.6 is 0 Å². The number of urea groups is 1. The third-order valence-electron chi connectivity index (χ3n) is 4.54. The molecule has 0 saturated heterocycles. The van der Waals surface area contributed by atoms with Gasteiger partial charge in [-0.3, -0.25) is 9.69 Å². The summed E-state index contributed by atoms with van der Waals surface area (Å²) in [7, 11) is 0. The van der Waals surface area contributed by atoms with E-state index < -0.39 is 6.04 Å². The first-order valence-electron chi connectivity index (χ1n) is 8.73. The number of carbonyl (C=O) groups excluding carboxylic acids is 2. The van der Waals surface area contributed by atoms with Crippen LogP contribution in [0.4, 0.5) is 4.79 Å². The van der Waals surface area contributed by atoms with E-state index in [0.717, 1.165) is 11.1 Å². The lowest BCUT2D eigenvalue weighted by Crippen LogP contribution is -2.47. The Hall–Kier alpha value is -3.14. The van der Waals surface area contributed by atoms with Crippen molar-refractivity contribution in [2.45, 2.75) is 19.9 Å². The Morgan fingerprint density at radius 3 is 2.31 bits per heavy atom. The molecule has 2 aromatic rings. The predicted molar refractivity (Wildman–Crippen MR) is 103 cm³/mol. The molecule has 4 nitrogen and oxygen atoms in total. The van der Waals surface area contributed by atoms with Crippen LogP contribution in [0.25, 0.3) is 6.08 Å². The van der Waals surface area contributed by atoms with E-state index in [2.05, 4.69) is 5.32 Å². The zero-order chi connectivity index (χ0) is 18.5. The van der Waals surface area contributed by atoms with E-state index in [-0.39, 0.29) is 11.8 Å². The maximum atomic E-state index is 13.0. The number of hydrogen-bond acceptors (Lipinski definition) is 2. The fraction of sp³-hybridized carbons (Fsp3) is 0.182. The average molecular weight is 346 g/mol. The van der Waals surface area contributed by atoms with Gasteiger partial charge in [0.05, 0.1) is 6.04 Å². The number of nitrogens with zero attached hydrogens (tertiary/aromatic N) is 1. The minimum atomic E-state index is -0.445. The maximum absolute atomic E-state index is 13.0. The van der Waals surface area contributed by atoms with Crippen LogP contribution in [0.3, 0.4) is 0 Å². The summed E-state index contributed by atoms with van der Waals surface area (Å²) in [6.45, 7) is 4.24. The topological polar surface area (TPSA) is 49.4 Å². The van der Waals surface area contributed by atoms with Crippen molar-refractivity contribution in [1.29, 1.82) is 0 Å². The Kier molecular flexibility index (Phi) is 5.32. The zero-order valence-electron chi connectivity index (χ0n) is 15.0. The van der Waals surface area contributed by atoms with Gasteiger partial charge in [-0.05, 0) is 31.1 Å². The van der Waals surface area contributed by atoms with Gasteiger partial charge in [0, 0.05) is 17.8 Å². The molecule has 26 heavy (non-hydrogen) atoms. The fourth-order valence-electron chi connectivity index (χ4n) is 3.20. The summed E-state index contributed by atoms with van der Waals surface area (Å²) in [5.74, 6) is -0.0985. The lowest BCUT2D eigenvalue weighted by molar-refractivity contribution is -0.111. The molecule has 3 rings (SSSR count). The second-order valence-corrected chi connectivity index (χ2v) is 6.14. The van der Waals surface area contributed by atoms with Crippen LogP contribution in [0.1, 0.15) is 31.0 Å². The van der Waals surface area contributed by atoms with Crippen LogP contribution in [0, 0.1) is 0 Å². The highest BCUT2D eigenvalue weighted by molar-refractivity contribution is 6.09. The van der Waals surface area contributed by atoms with Gasteiger partial charge >= 0.3 is 6.03 Å². The third kappa shape index (κ3) is 3.59. The predicted octanol–water partition coefficient (Wildman–Crippen LogP) is 4.33. The average Bonchev–Trinajstić information content (AvgIpc) is 2.67. The van der Waals surface area contributed by atoms with Crippen LogP contribution in [-0.2, 0) is 4.79 Å². The monoisotopic (exact) mass is 346 g/mol. The molecule has 0 bridgehead atoms. The fourth-order valence-corrected chi connectivity index (χ4v) is 3.20. The van der Waals surface area contributed by atoms with Crippen molar-refractivity contribution >= 4 is 17.9 Å². The summed E-state index contributed by atoms with van der Waals surface area (Å²) in [4.78, 5) is 27.0. The normalized spacial score (nSPS) is 17.5. The Bertz CT molecular complexity index is 854. The lowest BCUT2D eigenvalue weighted by atomic mass is 9.91. The van der Waals surface area contributed by atoms with Crippen LogP contribution < -0.4 is 5.32 Å². The van der Waals surface area contributed by atoms with Crippen LogP contribution in [0.15, 0.2) is 78.0 Å². The Labute approximate surface area is 153 Å². The van der Waals surface area contributed by atoms with E-state index in [4.69, 9.17) is 0 Å². The Morgan fingerprint density at radius 1 is 1.08 bits per heavy atom. The molecule has 0 spiro atoms. The summed E-state index contributed by atoms with van der Waals surface area (Å²) in [5, 5.41) is 2.97. The first-order valence-corrected chi connectivity index (χ1v) is 8.73.